The minimum atomic E-state index is -0.578. The Morgan fingerprint density at radius 2 is 1.95 bits per heavy atom. The summed E-state index contributed by atoms with van der Waals surface area (Å²) in [4.78, 5) is 0. The van der Waals surface area contributed by atoms with Gasteiger partial charge in [0.25, 0.3) is 0 Å². The third kappa shape index (κ3) is 3.06. The summed E-state index contributed by atoms with van der Waals surface area (Å²) in [5.41, 5.74) is 0.123. The lowest BCUT2D eigenvalue weighted by Gasteiger charge is -2.32. The highest BCUT2D eigenvalue weighted by Crippen LogP contribution is 2.36. The molecule has 1 fully saturated rings. The van der Waals surface area contributed by atoms with Gasteiger partial charge in [-0.3, -0.25) is 4.68 Å². The van der Waals surface area contributed by atoms with Crippen molar-refractivity contribution in [2.24, 2.45) is 0 Å². The van der Waals surface area contributed by atoms with Gasteiger partial charge in [0, 0.05) is 25.0 Å². The number of hydrogen-bond donors (Lipinski definition) is 1. The van der Waals surface area contributed by atoms with Crippen molar-refractivity contribution < 1.29 is 19.2 Å². The highest BCUT2D eigenvalue weighted by Gasteiger charge is 2.52. The number of aliphatic hydroxyl groups is 1. The maximum Gasteiger partial charge on any atom is 0.498 e. The second-order valence-corrected chi connectivity index (χ2v) is 6.19. The van der Waals surface area contributed by atoms with E-state index in [4.69, 9.17) is 14.0 Å². The molecule has 0 unspecified atom stereocenters. The van der Waals surface area contributed by atoms with Crippen LogP contribution >= 0.6 is 0 Å². The molecule has 0 aliphatic carbocycles. The number of rotatable bonds is 5. The Kier molecular flexibility index (Phi) is 4.25. The third-order valence-corrected chi connectivity index (χ3v) is 3.94. The van der Waals surface area contributed by atoms with Crippen molar-refractivity contribution in [3.63, 3.8) is 0 Å². The van der Waals surface area contributed by atoms with Crippen molar-refractivity contribution in [1.29, 1.82) is 0 Å². The lowest BCUT2D eigenvalue weighted by molar-refractivity contribution is 0.00578. The summed E-state index contributed by atoms with van der Waals surface area (Å²) in [7, 11) is 1.13. The normalized spacial score (nSPS) is 22.2. The molecule has 2 heterocycles. The molecule has 6 nitrogen and oxygen atoms in total. The molecular weight excluding hydrogens is 259 g/mol. The third-order valence-electron chi connectivity index (χ3n) is 3.94. The number of methoxy groups -OCH3 is 1. The summed E-state index contributed by atoms with van der Waals surface area (Å²) >= 11 is 0. The van der Waals surface area contributed by atoms with Crippen LogP contribution in [0.15, 0.2) is 12.4 Å². The Morgan fingerprint density at radius 1 is 1.35 bits per heavy atom. The van der Waals surface area contributed by atoms with E-state index in [2.05, 4.69) is 5.10 Å². The topological polar surface area (TPSA) is 65.7 Å². The Balaban J connectivity index is 2.03. The van der Waals surface area contributed by atoms with Crippen molar-refractivity contribution in [3.8, 4) is 0 Å². The molecule has 0 radical (unpaired) electrons. The van der Waals surface area contributed by atoms with Gasteiger partial charge in [0.05, 0.1) is 30.5 Å². The van der Waals surface area contributed by atoms with E-state index in [9.17, 15) is 5.11 Å². The number of hydrogen-bond acceptors (Lipinski definition) is 5. The number of aliphatic hydroxyl groups excluding tert-OH is 1. The van der Waals surface area contributed by atoms with Crippen LogP contribution in [0.1, 0.15) is 27.7 Å². The molecule has 0 bridgehead atoms. The molecule has 0 spiro atoms. The van der Waals surface area contributed by atoms with Gasteiger partial charge in [-0.25, -0.2) is 0 Å². The minimum Gasteiger partial charge on any atom is -0.399 e. The zero-order chi connectivity index (χ0) is 15.0. The van der Waals surface area contributed by atoms with Crippen LogP contribution in [-0.2, 0) is 20.6 Å². The van der Waals surface area contributed by atoms with Crippen LogP contribution < -0.4 is 5.46 Å². The smallest absolute Gasteiger partial charge is 0.399 e. The number of aromatic nitrogens is 2. The zero-order valence-corrected chi connectivity index (χ0v) is 12.8. The quantitative estimate of drug-likeness (QED) is 0.781. The first kappa shape index (κ1) is 15.5. The van der Waals surface area contributed by atoms with E-state index >= 15 is 0 Å². The van der Waals surface area contributed by atoms with E-state index in [1.807, 2.05) is 33.9 Å². The molecule has 1 aromatic rings. The minimum absolute atomic E-state index is 0.283. The summed E-state index contributed by atoms with van der Waals surface area (Å²) < 4.78 is 18.5. The van der Waals surface area contributed by atoms with Crippen molar-refractivity contribution >= 4 is 12.6 Å². The molecule has 1 aliphatic rings. The van der Waals surface area contributed by atoms with E-state index in [-0.39, 0.29) is 17.8 Å². The predicted octanol–water partition coefficient (Wildman–Crippen LogP) is 0.190. The second-order valence-electron chi connectivity index (χ2n) is 6.19. The Labute approximate surface area is 120 Å². The average molecular weight is 282 g/mol. The number of nitrogens with zero attached hydrogens (tertiary/aromatic N) is 2. The zero-order valence-electron chi connectivity index (χ0n) is 12.8. The molecule has 0 aromatic carbocycles. The lowest BCUT2D eigenvalue weighted by Crippen LogP contribution is -2.41. The van der Waals surface area contributed by atoms with Crippen LogP contribution in [0.25, 0.3) is 0 Å². The average Bonchev–Trinajstić information content (AvgIpc) is 2.83. The molecule has 2 rings (SSSR count). The SMILES string of the molecule is COC[C@@H](O)Cn1cc(B2OC(C)(C)C(C)(C)O2)cn1. The first-order valence-corrected chi connectivity index (χ1v) is 6.80. The van der Waals surface area contributed by atoms with Gasteiger partial charge in [-0.05, 0) is 27.7 Å². The molecule has 1 N–H and O–H groups in total. The van der Waals surface area contributed by atoms with Gasteiger partial charge in [-0.15, -0.1) is 0 Å². The fraction of sp³-hybridized carbons (Fsp3) is 0.769. The molecule has 1 aliphatic heterocycles. The predicted molar refractivity (Wildman–Crippen MR) is 75.8 cm³/mol. The van der Waals surface area contributed by atoms with Crippen molar-refractivity contribution in [2.75, 3.05) is 13.7 Å². The summed E-state index contributed by atoms with van der Waals surface area (Å²) in [5.74, 6) is 0. The van der Waals surface area contributed by atoms with Gasteiger partial charge >= 0.3 is 7.12 Å². The molecule has 1 aromatic heterocycles. The van der Waals surface area contributed by atoms with Crippen molar-refractivity contribution in [2.45, 2.75) is 51.5 Å². The summed E-state index contributed by atoms with van der Waals surface area (Å²) in [5, 5.41) is 13.9. The van der Waals surface area contributed by atoms with Crippen molar-refractivity contribution in [1.82, 2.24) is 9.78 Å². The number of ether oxygens (including phenoxy) is 1. The maximum atomic E-state index is 9.70. The van der Waals surface area contributed by atoms with Crippen LogP contribution in [0.4, 0.5) is 0 Å². The van der Waals surface area contributed by atoms with E-state index in [0.29, 0.717) is 6.54 Å². The molecule has 112 valence electrons. The summed E-state index contributed by atoms with van der Waals surface area (Å²) in [6, 6.07) is 0. The molecule has 1 saturated heterocycles. The van der Waals surface area contributed by atoms with E-state index < -0.39 is 13.2 Å². The molecule has 1 atom stereocenters. The molecule has 7 heteroatoms. The fourth-order valence-corrected chi connectivity index (χ4v) is 2.04. The Bertz CT molecular complexity index is 445. The molecule has 0 saturated carbocycles. The summed E-state index contributed by atoms with van der Waals surface area (Å²) in [6.07, 6.45) is 2.97. The first-order valence-electron chi connectivity index (χ1n) is 6.80. The van der Waals surface area contributed by atoms with Gasteiger partial charge in [0.15, 0.2) is 0 Å². The van der Waals surface area contributed by atoms with Gasteiger partial charge in [0.2, 0.25) is 0 Å². The highest BCUT2D eigenvalue weighted by atomic mass is 16.7. The second kappa shape index (κ2) is 5.48. The molecular formula is C13H23BN2O4. The monoisotopic (exact) mass is 282 g/mol. The van der Waals surface area contributed by atoms with Gasteiger partial charge in [-0.1, -0.05) is 0 Å². The van der Waals surface area contributed by atoms with Crippen molar-refractivity contribution in [3.05, 3.63) is 12.4 Å². The van der Waals surface area contributed by atoms with Crippen LogP contribution in [0, 0.1) is 0 Å². The lowest BCUT2D eigenvalue weighted by atomic mass is 9.82. The fourth-order valence-electron chi connectivity index (χ4n) is 2.04. The van der Waals surface area contributed by atoms with E-state index in [1.54, 1.807) is 18.0 Å². The van der Waals surface area contributed by atoms with Crippen LogP contribution in [0.3, 0.4) is 0 Å². The maximum absolute atomic E-state index is 9.70. The van der Waals surface area contributed by atoms with Crippen LogP contribution in [0.2, 0.25) is 0 Å². The summed E-state index contributed by atoms with van der Waals surface area (Å²) in [6.45, 7) is 8.72. The van der Waals surface area contributed by atoms with Gasteiger partial charge < -0.3 is 19.2 Å². The Morgan fingerprint density at radius 3 is 2.50 bits per heavy atom. The first-order chi connectivity index (χ1) is 9.25. The van der Waals surface area contributed by atoms with E-state index in [1.165, 1.54) is 0 Å². The largest absolute Gasteiger partial charge is 0.498 e. The Hall–Kier alpha value is -0.885. The van der Waals surface area contributed by atoms with E-state index in [0.717, 1.165) is 5.46 Å². The molecule has 20 heavy (non-hydrogen) atoms. The van der Waals surface area contributed by atoms with Crippen LogP contribution in [-0.4, -0.2) is 53.0 Å². The van der Waals surface area contributed by atoms with Gasteiger partial charge in [-0.2, -0.15) is 5.10 Å². The highest BCUT2D eigenvalue weighted by molar-refractivity contribution is 6.61. The van der Waals surface area contributed by atoms with Crippen LogP contribution in [0.5, 0.6) is 0 Å². The van der Waals surface area contributed by atoms with Gasteiger partial charge in [0.1, 0.15) is 0 Å². The molecule has 0 amide bonds. The standard InChI is InChI=1S/C13H23BN2O4/c1-12(2)13(3,4)20-14(19-12)10-6-15-16(7-10)8-11(17)9-18-5/h6-7,11,17H,8-9H2,1-5H3/t11-/m0/s1.